The molecule has 0 bridgehead atoms. The first-order valence-corrected chi connectivity index (χ1v) is 9.75. The predicted molar refractivity (Wildman–Crippen MR) is 105 cm³/mol. The van der Waals surface area contributed by atoms with Crippen LogP contribution in [0.1, 0.15) is 19.3 Å². The molecule has 0 radical (unpaired) electrons. The summed E-state index contributed by atoms with van der Waals surface area (Å²) in [5.41, 5.74) is 6.12. The first-order chi connectivity index (χ1) is 13.5. The number of likely N-dealkylation sites (tertiary alicyclic amines) is 1. The third-order valence-electron chi connectivity index (χ3n) is 5.40. The molecule has 0 aliphatic carbocycles. The number of piperidine rings is 1. The molecule has 2 unspecified atom stereocenters. The molecule has 1 aromatic carbocycles. The Bertz CT molecular complexity index is 739. The van der Waals surface area contributed by atoms with E-state index in [1.165, 1.54) is 0 Å². The van der Waals surface area contributed by atoms with Crippen LogP contribution in [0.4, 0.5) is 5.69 Å². The summed E-state index contributed by atoms with van der Waals surface area (Å²) in [6.45, 7) is 2.18. The number of benzene rings is 1. The molecule has 3 rings (SSSR count). The largest absolute Gasteiger partial charge is 0.495 e. The Morgan fingerprint density at radius 2 is 2.04 bits per heavy atom. The number of nitrogens with one attached hydrogen (secondary N) is 1. The molecule has 0 spiro atoms. The number of nitrogens with zero attached hydrogens (tertiary/aromatic N) is 2. The summed E-state index contributed by atoms with van der Waals surface area (Å²) in [5, 5.41) is 2.80. The lowest BCUT2D eigenvalue weighted by molar-refractivity contribution is -0.139. The lowest BCUT2D eigenvalue weighted by Gasteiger charge is -2.33. The fourth-order valence-electron chi connectivity index (χ4n) is 3.95. The Kier molecular flexibility index (Phi) is 6.51. The van der Waals surface area contributed by atoms with E-state index in [2.05, 4.69) is 5.32 Å². The molecule has 3 N–H and O–H groups in total. The van der Waals surface area contributed by atoms with Gasteiger partial charge < -0.3 is 25.6 Å². The van der Waals surface area contributed by atoms with E-state index in [4.69, 9.17) is 10.5 Å². The van der Waals surface area contributed by atoms with Crippen LogP contribution in [-0.2, 0) is 14.4 Å². The maximum absolute atomic E-state index is 13.0. The third-order valence-corrected chi connectivity index (χ3v) is 5.40. The summed E-state index contributed by atoms with van der Waals surface area (Å²) in [5.74, 6) is -0.200. The monoisotopic (exact) mass is 388 g/mol. The van der Waals surface area contributed by atoms with E-state index in [0.717, 1.165) is 12.8 Å². The van der Waals surface area contributed by atoms with Gasteiger partial charge in [0.25, 0.3) is 0 Å². The van der Waals surface area contributed by atoms with E-state index in [1.54, 1.807) is 23.0 Å². The Hall–Kier alpha value is -2.61. The van der Waals surface area contributed by atoms with Gasteiger partial charge in [0, 0.05) is 39.1 Å². The zero-order chi connectivity index (χ0) is 20.1. The Morgan fingerprint density at radius 3 is 2.79 bits per heavy atom. The van der Waals surface area contributed by atoms with Crippen molar-refractivity contribution in [2.24, 2.45) is 17.6 Å². The SMILES string of the molecule is COc1ccccc1N1CC(C(=O)N2CCCC(C(=O)NCCN)C2)CC1=O. The van der Waals surface area contributed by atoms with Crippen LogP contribution in [0.3, 0.4) is 0 Å². The standard InChI is InChI=1S/C20H28N4O4/c1-28-17-7-3-2-6-16(17)24-13-15(11-18(24)25)20(27)23-10-4-5-14(12-23)19(26)22-9-8-21/h2-3,6-7,14-15H,4-5,8-13,21H2,1H3,(H,22,26). The van der Waals surface area contributed by atoms with Crippen molar-refractivity contribution < 1.29 is 19.1 Å². The number of nitrogens with two attached hydrogens (primary N) is 1. The average Bonchev–Trinajstić information content (AvgIpc) is 3.12. The van der Waals surface area contributed by atoms with Crippen LogP contribution in [0, 0.1) is 11.8 Å². The number of hydrogen-bond donors (Lipinski definition) is 2. The van der Waals surface area contributed by atoms with Crippen LogP contribution >= 0.6 is 0 Å². The van der Waals surface area contributed by atoms with Crippen LogP contribution in [0.2, 0.25) is 0 Å². The molecule has 28 heavy (non-hydrogen) atoms. The van der Waals surface area contributed by atoms with Crippen molar-refractivity contribution in [2.75, 3.05) is 44.7 Å². The second kappa shape index (κ2) is 9.05. The zero-order valence-corrected chi connectivity index (χ0v) is 16.2. The van der Waals surface area contributed by atoms with Gasteiger partial charge in [0.2, 0.25) is 17.7 Å². The minimum absolute atomic E-state index is 0.0536. The van der Waals surface area contributed by atoms with Gasteiger partial charge in [-0.05, 0) is 25.0 Å². The lowest BCUT2D eigenvalue weighted by Crippen LogP contribution is -2.48. The van der Waals surface area contributed by atoms with Crippen molar-refractivity contribution in [3.05, 3.63) is 24.3 Å². The highest BCUT2D eigenvalue weighted by Crippen LogP contribution is 2.33. The molecule has 3 amide bonds. The van der Waals surface area contributed by atoms with Crippen molar-refractivity contribution in [1.29, 1.82) is 0 Å². The fraction of sp³-hybridized carbons (Fsp3) is 0.550. The number of methoxy groups -OCH3 is 1. The van der Waals surface area contributed by atoms with Gasteiger partial charge >= 0.3 is 0 Å². The molecule has 8 nitrogen and oxygen atoms in total. The van der Waals surface area contributed by atoms with Gasteiger partial charge in [0.05, 0.1) is 24.6 Å². The molecule has 8 heteroatoms. The molecule has 152 valence electrons. The lowest BCUT2D eigenvalue weighted by atomic mass is 9.95. The first kappa shape index (κ1) is 20.1. The molecular formula is C20H28N4O4. The number of carbonyl (C=O) groups is 3. The summed E-state index contributed by atoms with van der Waals surface area (Å²) in [4.78, 5) is 41.2. The summed E-state index contributed by atoms with van der Waals surface area (Å²) in [6, 6.07) is 7.31. The van der Waals surface area contributed by atoms with Gasteiger partial charge in [-0.15, -0.1) is 0 Å². The summed E-state index contributed by atoms with van der Waals surface area (Å²) in [7, 11) is 1.56. The maximum atomic E-state index is 13.0. The van der Waals surface area contributed by atoms with Crippen LogP contribution in [0.15, 0.2) is 24.3 Å². The second-order valence-corrected chi connectivity index (χ2v) is 7.28. The maximum Gasteiger partial charge on any atom is 0.228 e. The Balaban J connectivity index is 1.65. The quantitative estimate of drug-likeness (QED) is 0.732. The number of hydrogen-bond acceptors (Lipinski definition) is 5. The van der Waals surface area contributed by atoms with E-state index >= 15 is 0 Å². The van der Waals surface area contributed by atoms with Crippen LogP contribution in [0.5, 0.6) is 5.75 Å². The van der Waals surface area contributed by atoms with Crippen molar-refractivity contribution in [2.45, 2.75) is 19.3 Å². The number of ether oxygens (including phenoxy) is 1. The molecule has 0 aromatic heterocycles. The number of anilines is 1. The fourth-order valence-corrected chi connectivity index (χ4v) is 3.95. The molecule has 2 aliphatic rings. The number of carbonyl (C=O) groups excluding carboxylic acids is 3. The van der Waals surface area contributed by atoms with Gasteiger partial charge in [-0.3, -0.25) is 14.4 Å². The highest BCUT2D eigenvalue weighted by atomic mass is 16.5. The van der Waals surface area contributed by atoms with Gasteiger partial charge in [-0.25, -0.2) is 0 Å². The highest BCUT2D eigenvalue weighted by molar-refractivity contribution is 6.01. The molecule has 2 saturated heterocycles. The van der Waals surface area contributed by atoms with Crippen LogP contribution in [-0.4, -0.2) is 62.5 Å². The molecular weight excluding hydrogens is 360 g/mol. The van der Waals surface area contributed by atoms with Crippen molar-refractivity contribution in [3.63, 3.8) is 0 Å². The number of para-hydroxylation sites is 2. The normalized spacial score (nSPS) is 22.3. The van der Waals surface area contributed by atoms with Crippen molar-refractivity contribution in [3.8, 4) is 5.75 Å². The van der Waals surface area contributed by atoms with Gasteiger partial charge in [-0.1, -0.05) is 12.1 Å². The molecule has 2 atom stereocenters. The number of amides is 3. The topological polar surface area (TPSA) is 105 Å². The summed E-state index contributed by atoms with van der Waals surface area (Å²) >= 11 is 0. The third kappa shape index (κ3) is 4.27. The highest BCUT2D eigenvalue weighted by Gasteiger charge is 2.39. The predicted octanol–water partition coefficient (Wildman–Crippen LogP) is 0.362. The average molecular weight is 388 g/mol. The van der Waals surface area contributed by atoms with E-state index in [9.17, 15) is 14.4 Å². The van der Waals surface area contributed by atoms with E-state index in [0.29, 0.717) is 44.2 Å². The summed E-state index contributed by atoms with van der Waals surface area (Å²) in [6.07, 6.45) is 1.72. The van der Waals surface area contributed by atoms with Gasteiger partial charge in [0.15, 0.2) is 0 Å². The van der Waals surface area contributed by atoms with Gasteiger partial charge in [-0.2, -0.15) is 0 Å². The second-order valence-electron chi connectivity index (χ2n) is 7.28. The van der Waals surface area contributed by atoms with Crippen LogP contribution < -0.4 is 20.7 Å². The Morgan fingerprint density at radius 1 is 1.25 bits per heavy atom. The van der Waals surface area contributed by atoms with E-state index in [-0.39, 0.29) is 30.1 Å². The molecule has 2 fully saturated rings. The smallest absolute Gasteiger partial charge is 0.228 e. The molecule has 1 aromatic rings. The summed E-state index contributed by atoms with van der Waals surface area (Å²) < 4.78 is 5.35. The first-order valence-electron chi connectivity index (χ1n) is 9.75. The minimum atomic E-state index is -0.400. The van der Waals surface area contributed by atoms with Gasteiger partial charge in [0.1, 0.15) is 5.75 Å². The van der Waals surface area contributed by atoms with Crippen molar-refractivity contribution >= 4 is 23.4 Å². The van der Waals surface area contributed by atoms with Crippen molar-refractivity contribution in [1.82, 2.24) is 10.2 Å². The Labute approximate surface area is 165 Å². The molecule has 2 aliphatic heterocycles. The minimum Gasteiger partial charge on any atom is -0.495 e. The van der Waals surface area contributed by atoms with E-state index < -0.39 is 5.92 Å². The molecule has 2 heterocycles. The van der Waals surface area contributed by atoms with Crippen LogP contribution in [0.25, 0.3) is 0 Å². The molecule has 0 saturated carbocycles. The number of rotatable bonds is 6. The van der Waals surface area contributed by atoms with E-state index in [1.807, 2.05) is 18.2 Å². The zero-order valence-electron chi connectivity index (χ0n) is 16.2.